The number of aromatic nitrogens is 2. The van der Waals surface area contributed by atoms with Gasteiger partial charge in [0.25, 0.3) is 5.91 Å². The second-order valence-corrected chi connectivity index (χ2v) is 3.83. The highest BCUT2D eigenvalue weighted by Gasteiger charge is 2.19. The molecule has 0 fully saturated rings. The maximum Gasteiger partial charge on any atom is 0.262 e. The highest BCUT2D eigenvalue weighted by atomic mass is 19.1. The lowest BCUT2D eigenvalue weighted by Gasteiger charge is -2.04. The molecule has 1 heterocycles. The van der Waals surface area contributed by atoms with Gasteiger partial charge in [0.15, 0.2) is 5.82 Å². The summed E-state index contributed by atoms with van der Waals surface area (Å²) in [5, 5.41) is 8.62. The molecule has 0 aliphatic heterocycles. The summed E-state index contributed by atoms with van der Waals surface area (Å²) in [5.74, 6) is -4.49. The summed E-state index contributed by atoms with van der Waals surface area (Å²) in [4.78, 5) is 11.7. The van der Waals surface area contributed by atoms with Crippen molar-refractivity contribution >= 4 is 11.7 Å². The molecular weight excluding hydrogens is 259 g/mol. The van der Waals surface area contributed by atoms with E-state index in [0.29, 0.717) is 18.6 Å². The van der Waals surface area contributed by atoms with Crippen molar-refractivity contribution in [2.75, 3.05) is 5.32 Å². The summed E-state index contributed by atoms with van der Waals surface area (Å²) in [7, 11) is 0. The van der Waals surface area contributed by atoms with Crippen LogP contribution in [0.25, 0.3) is 0 Å². The molecule has 2 N–H and O–H groups in total. The van der Waals surface area contributed by atoms with E-state index in [1.807, 2.05) is 6.92 Å². The molecular formula is C12H10F3N3O. The van der Waals surface area contributed by atoms with Crippen LogP contribution in [0.3, 0.4) is 0 Å². The first kappa shape index (κ1) is 13.1. The highest BCUT2D eigenvalue weighted by molar-refractivity contribution is 6.04. The summed E-state index contributed by atoms with van der Waals surface area (Å²) in [6.45, 7) is 1.87. The van der Waals surface area contributed by atoms with E-state index in [2.05, 4.69) is 15.5 Å². The van der Waals surface area contributed by atoms with Crippen LogP contribution in [0, 0.1) is 17.5 Å². The number of benzene rings is 1. The Hall–Kier alpha value is -2.31. The van der Waals surface area contributed by atoms with Crippen molar-refractivity contribution in [3.63, 3.8) is 0 Å². The second-order valence-electron chi connectivity index (χ2n) is 3.83. The maximum absolute atomic E-state index is 13.4. The molecule has 7 heteroatoms. The van der Waals surface area contributed by atoms with Crippen LogP contribution in [0.5, 0.6) is 0 Å². The van der Waals surface area contributed by atoms with Crippen LogP contribution >= 0.6 is 0 Å². The fourth-order valence-electron chi connectivity index (χ4n) is 1.54. The first-order valence-electron chi connectivity index (χ1n) is 5.51. The van der Waals surface area contributed by atoms with Crippen molar-refractivity contribution in [1.29, 1.82) is 0 Å². The number of halogens is 3. The summed E-state index contributed by atoms with van der Waals surface area (Å²) in [6.07, 6.45) is 0.669. The van der Waals surface area contributed by atoms with E-state index in [4.69, 9.17) is 0 Å². The number of amides is 1. The van der Waals surface area contributed by atoms with Crippen LogP contribution in [-0.4, -0.2) is 16.1 Å². The molecule has 0 aliphatic rings. The summed E-state index contributed by atoms with van der Waals surface area (Å²) in [5.41, 5.74) is -0.0854. The number of H-pyrrole nitrogens is 1. The van der Waals surface area contributed by atoms with Gasteiger partial charge in [-0.15, -0.1) is 0 Å². The van der Waals surface area contributed by atoms with Crippen LogP contribution in [0.2, 0.25) is 0 Å². The predicted molar refractivity (Wildman–Crippen MR) is 62.2 cm³/mol. The van der Waals surface area contributed by atoms with Gasteiger partial charge in [-0.25, -0.2) is 13.2 Å². The molecule has 100 valence electrons. The summed E-state index contributed by atoms with van der Waals surface area (Å²) >= 11 is 0. The molecule has 1 amide bonds. The lowest BCUT2D eigenvalue weighted by Crippen LogP contribution is -2.16. The Morgan fingerprint density at radius 1 is 1.26 bits per heavy atom. The van der Waals surface area contributed by atoms with Gasteiger partial charge in [-0.3, -0.25) is 9.89 Å². The fraction of sp³-hybridized carbons (Fsp3) is 0.167. The van der Waals surface area contributed by atoms with E-state index in [0.717, 1.165) is 5.69 Å². The Bertz CT molecular complexity index is 601. The quantitative estimate of drug-likeness (QED) is 0.900. The minimum atomic E-state index is -1.26. The van der Waals surface area contributed by atoms with Gasteiger partial charge in [0, 0.05) is 23.9 Å². The molecule has 0 saturated carbocycles. The molecule has 0 aliphatic carbocycles. The normalized spacial score (nSPS) is 10.5. The van der Waals surface area contributed by atoms with Gasteiger partial charge in [-0.2, -0.15) is 5.10 Å². The summed E-state index contributed by atoms with van der Waals surface area (Å²) in [6, 6.07) is 2.43. The number of nitrogens with one attached hydrogen (secondary N) is 2. The van der Waals surface area contributed by atoms with Gasteiger partial charge in [-0.1, -0.05) is 6.92 Å². The number of aryl methyl sites for hydroxylation is 1. The Morgan fingerprint density at radius 3 is 2.42 bits per heavy atom. The Balaban J connectivity index is 2.25. The first-order valence-corrected chi connectivity index (χ1v) is 5.51. The molecule has 1 aromatic carbocycles. The van der Waals surface area contributed by atoms with Crippen LogP contribution in [0.15, 0.2) is 18.2 Å². The standard InChI is InChI=1S/C12H10F3N3O/c1-2-7-5-10(18-17-7)16-12(19)11-8(14)3-6(13)4-9(11)15/h3-5H,2H2,1H3,(H2,16,17,18,19). The molecule has 4 nitrogen and oxygen atoms in total. The van der Waals surface area contributed by atoms with Crippen molar-refractivity contribution in [2.24, 2.45) is 0 Å². The number of aromatic amines is 1. The Kier molecular flexibility index (Phi) is 3.55. The van der Waals surface area contributed by atoms with Crippen LogP contribution in [0.1, 0.15) is 23.0 Å². The number of anilines is 1. The van der Waals surface area contributed by atoms with Crippen LogP contribution < -0.4 is 5.32 Å². The van der Waals surface area contributed by atoms with E-state index in [-0.39, 0.29) is 5.82 Å². The number of rotatable bonds is 3. The number of nitrogens with zero attached hydrogens (tertiary/aromatic N) is 1. The minimum absolute atomic E-state index is 0.143. The lowest BCUT2D eigenvalue weighted by molar-refractivity contribution is 0.101. The van der Waals surface area contributed by atoms with E-state index >= 15 is 0 Å². The van der Waals surface area contributed by atoms with Gasteiger partial charge < -0.3 is 5.32 Å². The topological polar surface area (TPSA) is 57.8 Å². The van der Waals surface area contributed by atoms with Crippen molar-refractivity contribution in [1.82, 2.24) is 10.2 Å². The monoisotopic (exact) mass is 269 g/mol. The SMILES string of the molecule is CCc1cc(NC(=O)c2c(F)cc(F)cc2F)n[nH]1. The third-order valence-corrected chi connectivity index (χ3v) is 2.49. The van der Waals surface area contributed by atoms with Gasteiger partial charge in [-0.05, 0) is 6.42 Å². The van der Waals surface area contributed by atoms with E-state index < -0.39 is 28.9 Å². The van der Waals surface area contributed by atoms with Gasteiger partial charge >= 0.3 is 0 Å². The van der Waals surface area contributed by atoms with Crippen molar-refractivity contribution < 1.29 is 18.0 Å². The molecule has 2 aromatic rings. The Morgan fingerprint density at radius 2 is 1.89 bits per heavy atom. The minimum Gasteiger partial charge on any atom is -0.305 e. The largest absolute Gasteiger partial charge is 0.305 e. The molecule has 0 bridgehead atoms. The third-order valence-electron chi connectivity index (χ3n) is 2.49. The fourth-order valence-corrected chi connectivity index (χ4v) is 1.54. The molecule has 0 atom stereocenters. The molecule has 0 saturated heterocycles. The van der Waals surface area contributed by atoms with Crippen LogP contribution in [-0.2, 0) is 6.42 Å². The third kappa shape index (κ3) is 2.75. The van der Waals surface area contributed by atoms with Crippen molar-refractivity contribution in [2.45, 2.75) is 13.3 Å². The lowest BCUT2D eigenvalue weighted by atomic mass is 10.2. The summed E-state index contributed by atoms with van der Waals surface area (Å²) < 4.78 is 39.5. The molecule has 2 rings (SSSR count). The van der Waals surface area contributed by atoms with Gasteiger partial charge in [0.1, 0.15) is 23.0 Å². The average molecular weight is 269 g/mol. The number of carbonyl (C=O) groups excluding carboxylic acids is 1. The number of hydrogen-bond acceptors (Lipinski definition) is 2. The smallest absolute Gasteiger partial charge is 0.262 e. The zero-order chi connectivity index (χ0) is 14.0. The molecule has 0 unspecified atom stereocenters. The predicted octanol–water partition coefficient (Wildman–Crippen LogP) is 2.64. The molecule has 0 spiro atoms. The molecule has 1 aromatic heterocycles. The zero-order valence-corrected chi connectivity index (χ0v) is 9.93. The van der Waals surface area contributed by atoms with Crippen molar-refractivity contribution in [3.05, 3.63) is 46.9 Å². The van der Waals surface area contributed by atoms with Crippen molar-refractivity contribution in [3.8, 4) is 0 Å². The van der Waals surface area contributed by atoms with E-state index in [9.17, 15) is 18.0 Å². The van der Waals surface area contributed by atoms with Gasteiger partial charge in [0.2, 0.25) is 0 Å². The van der Waals surface area contributed by atoms with Gasteiger partial charge in [0.05, 0.1) is 0 Å². The first-order chi connectivity index (χ1) is 9.01. The average Bonchev–Trinajstić information content (AvgIpc) is 2.75. The van der Waals surface area contributed by atoms with E-state index in [1.54, 1.807) is 0 Å². The van der Waals surface area contributed by atoms with Crippen LogP contribution in [0.4, 0.5) is 19.0 Å². The highest BCUT2D eigenvalue weighted by Crippen LogP contribution is 2.16. The maximum atomic E-state index is 13.4. The second kappa shape index (κ2) is 5.13. The Labute approximate surface area is 106 Å². The van der Waals surface area contributed by atoms with E-state index in [1.165, 1.54) is 6.07 Å². The number of hydrogen-bond donors (Lipinski definition) is 2. The zero-order valence-electron chi connectivity index (χ0n) is 9.93. The molecule has 19 heavy (non-hydrogen) atoms. The molecule has 0 radical (unpaired) electrons. The number of carbonyl (C=O) groups is 1.